The second-order valence-corrected chi connectivity index (χ2v) is 6.66. The van der Waals surface area contributed by atoms with Crippen molar-refractivity contribution in [3.8, 4) is 0 Å². The topological polar surface area (TPSA) is 224 Å². The van der Waals surface area contributed by atoms with Gasteiger partial charge in [-0.2, -0.15) is 0 Å². The Morgan fingerprint density at radius 3 is 2.11 bits per heavy atom. The molecule has 2 rings (SSSR count). The van der Waals surface area contributed by atoms with Crippen molar-refractivity contribution in [2.45, 2.75) is 67.5 Å². The Kier molecular flexibility index (Phi) is 7.66. The molecule has 0 aromatic carbocycles. The molecule has 0 aromatic rings. The van der Waals surface area contributed by atoms with E-state index in [4.69, 9.17) is 19.3 Å². The lowest BCUT2D eigenvalue weighted by atomic mass is 9.87. The monoisotopic (exact) mass is 412 g/mol. The molecule has 0 radical (unpaired) electrons. The lowest BCUT2D eigenvalue weighted by Gasteiger charge is -2.46. The van der Waals surface area contributed by atoms with Gasteiger partial charge < -0.3 is 55.1 Å². The van der Waals surface area contributed by atoms with Crippen LogP contribution in [-0.2, 0) is 23.8 Å². The number of ether oxygens (including phenoxy) is 3. The molecule has 2 saturated heterocycles. The average molecular weight is 412 g/mol. The molecule has 1 unspecified atom stereocenters. The summed E-state index contributed by atoms with van der Waals surface area (Å²) < 4.78 is 15.5. The number of aliphatic hydroxyl groups is 7. The van der Waals surface area contributed by atoms with Crippen molar-refractivity contribution in [1.29, 1.82) is 0 Å². The Labute approximate surface area is 158 Å². The SMILES string of the molecule is O=C(O)CC(=O)OC([C@H]1OC[C@H](O)[C@@H](O)[C@@H]1O)[C@@H]1O[C@H](CO)[C@@H](O)[C@H](O)[C@H]1O. The fraction of sp³-hybridized carbons (Fsp3) is 0.867. The van der Waals surface area contributed by atoms with Crippen LogP contribution in [0.4, 0.5) is 0 Å². The first-order chi connectivity index (χ1) is 13.1. The van der Waals surface area contributed by atoms with Crippen LogP contribution >= 0.6 is 0 Å². The standard InChI is InChI=1S/C15H24O13/c16-2-5-9(22)10(23)12(25)14(27-5)15(28-7(20)1-6(18)19)13-11(24)8(21)4(17)3-26-13/h4-5,8-17,21-25H,1-3H2,(H,18,19)/t4-,5+,8+,9+,10-,11-,12+,13-,14+,15?/m0/s1. The summed E-state index contributed by atoms with van der Waals surface area (Å²) in [6, 6.07) is 0. The number of aliphatic carboxylic acids is 1. The van der Waals surface area contributed by atoms with E-state index in [9.17, 15) is 45.3 Å². The van der Waals surface area contributed by atoms with Gasteiger partial charge in [0.15, 0.2) is 6.10 Å². The van der Waals surface area contributed by atoms with Crippen LogP contribution in [0.3, 0.4) is 0 Å². The number of carbonyl (C=O) groups is 2. The van der Waals surface area contributed by atoms with E-state index in [1.54, 1.807) is 0 Å². The van der Waals surface area contributed by atoms with Gasteiger partial charge in [0, 0.05) is 0 Å². The zero-order chi connectivity index (χ0) is 21.2. The molecule has 0 aromatic heterocycles. The molecule has 0 aliphatic carbocycles. The molecular weight excluding hydrogens is 388 g/mol. The van der Waals surface area contributed by atoms with Gasteiger partial charge >= 0.3 is 11.9 Å². The largest absolute Gasteiger partial charge is 0.481 e. The number of carbonyl (C=O) groups excluding carboxylic acids is 1. The summed E-state index contributed by atoms with van der Waals surface area (Å²) in [6.45, 7) is -1.28. The molecule has 162 valence electrons. The Morgan fingerprint density at radius 2 is 1.54 bits per heavy atom. The summed E-state index contributed by atoms with van der Waals surface area (Å²) in [6.07, 6.45) is -17.9. The van der Waals surface area contributed by atoms with Crippen LogP contribution in [0.5, 0.6) is 0 Å². The molecule has 2 aliphatic heterocycles. The minimum Gasteiger partial charge on any atom is -0.481 e. The van der Waals surface area contributed by atoms with Crippen molar-refractivity contribution in [2.75, 3.05) is 13.2 Å². The molecule has 0 amide bonds. The Bertz CT molecular complexity index is 554. The van der Waals surface area contributed by atoms with Crippen LogP contribution in [-0.4, -0.2) is 127 Å². The maximum atomic E-state index is 11.9. The van der Waals surface area contributed by atoms with Crippen molar-refractivity contribution in [3.05, 3.63) is 0 Å². The summed E-state index contributed by atoms with van der Waals surface area (Å²) in [5.41, 5.74) is 0. The fourth-order valence-corrected chi connectivity index (χ4v) is 3.16. The molecular formula is C15H24O13. The Hall–Kier alpha value is -1.42. The third-order valence-corrected chi connectivity index (χ3v) is 4.68. The molecule has 0 saturated carbocycles. The molecule has 2 fully saturated rings. The maximum Gasteiger partial charge on any atom is 0.317 e. The van der Waals surface area contributed by atoms with Gasteiger partial charge in [0.2, 0.25) is 0 Å². The summed E-state index contributed by atoms with van der Waals surface area (Å²) in [5, 5.41) is 77.7. The summed E-state index contributed by atoms with van der Waals surface area (Å²) in [5.74, 6) is -2.83. The van der Waals surface area contributed by atoms with Gasteiger partial charge in [-0.3, -0.25) is 9.59 Å². The maximum absolute atomic E-state index is 11.9. The number of esters is 1. The van der Waals surface area contributed by atoms with E-state index in [2.05, 4.69) is 0 Å². The predicted octanol–water partition coefficient (Wildman–Crippen LogP) is -5.30. The summed E-state index contributed by atoms with van der Waals surface area (Å²) in [7, 11) is 0. The Balaban J connectivity index is 2.31. The van der Waals surface area contributed by atoms with Crippen molar-refractivity contribution < 1.29 is 64.7 Å². The first kappa shape index (κ1) is 22.9. The van der Waals surface area contributed by atoms with Crippen molar-refractivity contribution in [3.63, 3.8) is 0 Å². The van der Waals surface area contributed by atoms with E-state index in [0.717, 1.165) is 0 Å². The lowest BCUT2D eigenvalue weighted by Crippen LogP contribution is -2.67. The van der Waals surface area contributed by atoms with Crippen LogP contribution in [0.25, 0.3) is 0 Å². The molecule has 13 heteroatoms. The van der Waals surface area contributed by atoms with E-state index in [0.29, 0.717) is 0 Å². The summed E-state index contributed by atoms with van der Waals surface area (Å²) >= 11 is 0. The number of rotatable bonds is 6. The van der Waals surface area contributed by atoms with Crippen LogP contribution < -0.4 is 0 Å². The first-order valence-electron chi connectivity index (χ1n) is 8.46. The molecule has 2 heterocycles. The molecule has 0 spiro atoms. The van der Waals surface area contributed by atoms with Crippen molar-refractivity contribution >= 4 is 11.9 Å². The van der Waals surface area contributed by atoms with Gasteiger partial charge in [0.25, 0.3) is 0 Å². The highest BCUT2D eigenvalue weighted by Crippen LogP contribution is 2.30. The highest BCUT2D eigenvalue weighted by molar-refractivity contribution is 5.90. The third kappa shape index (κ3) is 4.76. The lowest BCUT2D eigenvalue weighted by molar-refractivity contribution is -0.282. The van der Waals surface area contributed by atoms with Gasteiger partial charge in [-0.25, -0.2) is 0 Å². The van der Waals surface area contributed by atoms with Crippen molar-refractivity contribution in [1.82, 2.24) is 0 Å². The summed E-state index contributed by atoms with van der Waals surface area (Å²) in [4.78, 5) is 22.6. The zero-order valence-electron chi connectivity index (χ0n) is 14.5. The molecule has 28 heavy (non-hydrogen) atoms. The number of aliphatic hydroxyl groups excluding tert-OH is 7. The normalized spacial score (nSPS) is 42.6. The van der Waals surface area contributed by atoms with Gasteiger partial charge in [-0.15, -0.1) is 0 Å². The van der Waals surface area contributed by atoms with Crippen LogP contribution in [0.1, 0.15) is 6.42 Å². The van der Waals surface area contributed by atoms with E-state index < -0.39 is 92.6 Å². The van der Waals surface area contributed by atoms with Gasteiger partial charge in [-0.05, 0) is 0 Å². The van der Waals surface area contributed by atoms with E-state index in [1.807, 2.05) is 0 Å². The van der Waals surface area contributed by atoms with E-state index in [1.165, 1.54) is 0 Å². The van der Waals surface area contributed by atoms with Gasteiger partial charge in [0.1, 0.15) is 61.4 Å². The predicted molar refractivity (Wildman–Crippen MR) is 83.7 cm³/mol. The number of hydrogen-bond donors (Lipinski definition) is 8. The first-order valence-corrected chi connectivity index (χ1v) is 8.46. The number of carboxylic acid groups (broad SMARTS) is 1. The van der Waals surface area contributed by atoms with Gasteiger partial charge in [-0.1, -0.05) is 0 Å². The molecule has 0 bridgehead atoms. The second-order valence-electron chi connectivity index (χ2n) is 6.66. The quantitative estimate of drug-likeness (QED) is 0.151. The smallest absolute Gasteiger partial charge is 0.317 e. The fourth-order valence-electron chi connectivity index (χ4n) is 3.16. The van der Waals surface area contributed by atoms with Crippen LogP contribution in [0, 0.1) is 0 Å². The highest BCUT2D eigenvalue weighted by Gasteiger charge is 2.53. The zero-order valence-corrected chi connectivity index (χ0v) is 14.5. The van der Waals surface area contributed by atoms with Crippen LogP contribution in [0.2, 0.25) is 0 Å². The highest BCUT2D eigenvalue weighted by atomic mass is 16.6. The number of hydrogen-bond acceptors (Lipinski definition) is 12. The van der Waals surface area contributed by atoms with E-state index in [-0.39, 0.29) is 0 Å². The third-order valence-electron chi connectivity index (χ3n) is 4.68. The molecule has 13 nitrogen and oxygen atoms in total. The van der Waals surface area contributed by atoms with Gasteiger partial charge in [0.05, 0.1) is 13.2 Å². The van der Waals surface area contributed by atoms with Crippen LogP contribution in [0.15, 0.2) is 0 Å². The van der Waals surface area contributed by atoms with E-state index >= 15 is 0 Å². The number of carboxylic acids is 1. The molecule has 10 atom stereocenters. The Morgan fingerprint density at radius 1 is 0.929 bits per heavy atom. The molecule has 8 N–H and O–H groups in total. The minimum absolute atomic E-state index is 0.493. The average Bonchev–Trinajstić information content (AvgIpc) is 2.63. The minimum atomic E-state index is -1.89. The second kappa shape index (κ2) is 9.39. The molecule has 2 aliphatic rings. The van der Waals surface area contributed by atoms with Crippen molar-refractivity contribution in [2.24, 2.45) is 0 Å².